The Bertz CT molecular complexity index is 2050. The summed E-state index contributed by atoms with van der Waals surface area (Å²) in [6.45, 7) is 1.83. The largest absolute Gasteiger partial charge is 0.361 e. The summed E-state index contributed by atoms with van der Waals surface area (Å²) in [4.78, 5) is 57.1. The molecule has 0 bridgehead atoms. The molecule has 0 aliphatic rings. The van der Waals surface area contributed by atoms with Crippen molar-refractivity contribution in [3.63, 3.8) is 0 Å². The molecule has 192 valence electrons. The normalized spacial score (nSPS) is 12.1. The van der Waals surface area contributed by atoms with Crippen molar-refractivity contribution in [2.45, 2.75) is 13.0 Å². The van der Waals surface area contributed by atoms with Crippen molar-refractivity contribution in [2.24, 2.45) is 0 Å². The van der Waals surface area contributed by atoms with Crippen molar-refractivity contribution in [1.29, 1.82) is 0 Å². The van der Waals surface area contributed by atoms with Crippen molar-refractivity contribution in [3.8, 4) is 16.9 Å². The Hall–Kier alpha value is -5.09. The Balaban J connectivity index is 1.63. The third-order valence-corrected chi connectivity index (χ3v) is 6.86. The Morgan fingerprint density at radius 1 is 0.923 bits per heavy atom. The number of halogens is 1. The van der Waals surface area contributed by atoms with Crippen LogP contribution in [0.5, 0.6) is 0 Å². The van der Waals surface area contributed by atoms with Gasteiger partial charge >= 0.3 is 0 Å². The summed E-state index contributed by atoms with van der Waals surface area (Å²) in [5, 5.41) is 4.71. The third kappa shape index (κ3) is 4.16. The maximum atomic E-state index is 14.3. The topological polar surface area (TPSA) is 138 Å². The summed E-state index contributed by atoms with van der Waals surface area (Å²) < 4.78 is 1.53. The molecule has 0 fully saturated rings. The van der Waals surface area contributed by atoms with Crippen LogP contribution >= 0.6 is 11.6 Å². The Kier molecular flexibility index (Phi) is 6.01. The molecule has 1 atom stereocenters. The zero-order valence-electron chi connectivity index (χ0n) is 20.5. The summed E-state index contributed by atoms with van der Waals surface area (Å²) in [6, 6.07) is 16.5. The first-order valence-corrected chi connectivity index (χ1v) is 12.4. The Morgan fingerprint density at radius 2 is 1.74 bits per heavy atom. The van der Waals surface area contributed by atoms with Crippen molar-refractivity contribution in [1.82, 2.24) is 29.5 Å². The molecule has 11 heteroatoms. The van der Waals surface area contributed by atoms with Gasteiger partial charge in [0, 0.05) is 35.0 Å². The molecule has 0 radical (unpaired) electrons. The van der Waals surface area contributed by atoms with Crippen molar-refractivity contribution in [2.75, 3.05) is 5.32 Å². The molecule has 0 aliphatic heterocycles. The van der Waals surface area contributed by atoms with Crippen LogP contribution in [0.3, 0.4) is 0 Å². The molecular formula is C28H20ClN7O3. The van der Waals surface area contributed by atoms with Crippen molar-refractivity contribution in [3.05, 3.63) is 121 Å². The fraction of sp³-hybridized carbons (Fsp3) is 0.0714. The zero-order chi connectivity index (χ0) is 27.1. The lowest BCUT2D eigenvalue weighted by atomic mass is 10.0. The van der Waals surface area contributed by atoms with Crippen LogP contribution in [-0.4, -0.2) is 29.5 Å². The van der Waals surface area contributed by atoms with E-state index >= 15 is 0 Å². The van der Waals surface area contributed by atoms with E-state index in [4.69, 9.17) is 11.6 Å². The molecule has 0 amide bonds. The lowest BCUT2D eigenvalue weighted by Gasteiger charge is -2.24. The zero-order valence-corrected chi connectivity index (χ0v) is 21.2. The summed E-state index contributed by atoms with van der Waals surface area (Å²) in [5.41, 5.74) is 1.34. The van der Waals surface area contributed by atoms with Gasteiger partial charge in [0.1, 0.15) is 23.2 Å². The lowest BCUT2D eigenvalue weighted by molar-refractivity contribution is 0.774. The van der Waals surface area contributed by atoms with Crippen LogP contribution in [0.15, 0.2) is 93.9 Å². The van der Waals surface area contributed by atoms with Crippen LogP contribution < -0.4 is 21.9 Å². The number of hydrogen-bond acceptors (Lipinski definition) is 7. The molecule has 4 heterocycles. The van der Waals surface area contributed by atoms with E-state index in [0.29, 0.717) is 55.3 Å². The highest BCUT2D eigenvalue weighted by Crippen LogP contribution is 2.35. The van der Waals surface area contributed by atoms with Crippen LogP contribution in [0.25, 0.3) is 38.8 Å². The maximum absolute atomic E-state index is 14.3. The molecule has 0 saturated carbocycles. The number of hydrogen-bond donors (Lipinski definition) is 3. The molecule has 6 rings (SSSR count). The minimum absolute atomic E-state index is 0.251. The van der Waals surface area contributed by atoms with E-state index in [2.05, 4.69) is 30.2 Å². The van der Waals surface area contributed by atoms with E-state index in [0.717, 1.165) is 0 Å². The Morgan fingerprint density at radius 3 is 2.54 bits per heavy atom. The van der Waals surface area contributed by atoms with Crippen LogP contribution in [0, 0.1) is 0 Å². The van der Waals surface area contributed by atoms with Gasteiger partial charge in [0.05, 0.1) is 34.2 Å². The molecular weight excluding hydrogens is 518 g/mol. The highest BCUT2D eigenvalue weighted by molar-refractivity contribution is 6.36. The van der Waals surface area contributed by atoms with Gasteiger partial charge < -0.3 is 15.3 Å². The van der Waals surface area contributed by atoms with Gasteiger partial charge in [-0.1, -0.05) is 48.0 Å². The van der Waals surface area contributed by atoms with Gasteiger partial charge in [-0.15, -0.1) is 0 Å². The average molecular weight is 538 g/mol. The van der Waals surface area contributed by atoms with Crippen molar-refractivity contribution >= 4 is 39.2 Å². The van der Waals surface area contributed by atoms with E-state index in [1.165, 1.54) is 35.6 Å². The average Bonchev–Trinajstić information content (AvgIpc) is 2.95. The van der Waals surface area contributed by atoms with Gasteiger partial charge in [-0.25, -0.2) is 15.0 Å². The molecule has 3 N–H and O–H groups in total. The van der Waals surface area contributed by atoms with E-state index in [1.54, 1.807) is 30.3 Å². The molecule has 2 aromatic carbocycles. The summed E-state index contributed by atoms with van der Waals surface area (Å²) in [6.07, 6.45) is 4.16. The fourth-order valence-corrected chi connectivity index (χ4v) is 5.17. The highest BCUT2D eigenvalue weighted by atomic mass is 35.5. The number of H-pyrrole nitrogens is 2. The quantitative estimate of drug-likeness (QED) is 0.299. The lowest BCUT2D eigenvalue weighted by Crippen LogP contribution is -2.27. The van der Waals surface area contributed by atoms with E-state index in [9.17, 15) is 14.4 Å². The monoisotopic (exact) mass is 537 g/mol. The van der Waals surface area contributed by atoms with Crippen LogP contribution in [-0.2, 0) is 0 Å². The number of benzene rings is 2. The predicted molar refractivity (Wildman–Crippen MR) is 151 cm³/mol. The number of nitrogens with zero attached hydrogens (tertiary/aromatic N) is 4. The van der Waals surface area contributed by atoms with Crippen LogP contribution in [0.4, 0.5) is 5.82 Å². The fourth-order valence-electron chi connectivity index (χ4n) is 4.76. The van der Waals surface area contributed by atoms with Gasteiger partial charge in [0.2, 0.25) is 0 Å². The maximum Gasteiger partial charge on any atom is 0.264 e. The second-order valence-electron chi connectivity index (χ2n) is 8.85. The predicted octanol–water partition coefficient (Wildman–Crippen LogP) is 4.20. The number of nitrogens with one attached hydrogen (secondary N) is 3. The van der Waals surface area contributed by atoms with Gasteiger partial charge in [0.15, 0.2) is 5.43 Å². The summed E-state index contributed by atoms with van der Waals surface area (Å²) in [7, 11) is 0. The number of fused-ring (bicyclic) bond motifs is 2. The first-order valence-electron chi connectivity index (χ1n) is 12.0. The molecule has 6 aromatic rings. The minimum atomic E-state index is -0.575. The number of aromatic amines is 2. The third-order valence-electron chi connectivity index (χ3n) is 6.46. The van der Waals surface area contributed by atoms with Gasteiger partial charge in [-0.3, -0.25) is 19.0 Å². The van der Waals surface area contributed by atoms with Crippen LogP contribution in [0.1, 0.15) is 18.7 Å². The van der Waals surface area contributed by atoms with E-state index in [-0.39, 0.29) is 16.5 Å². The van der Waals surface area contributed by atoms with Crippen LogP contribution in [0.2, 0.25) is 5.02 Å². The highest BCUT2D eigenvalue weighted by Gasteiger charge is 2.24. The standard InChI is InChI=1S/C28H20ClN7O3/c1-15(35-27-23-20(37)10-11-30-26(23)33-14-34-27)25-24(29)18-9-5-8-17(19-12-21(38)32-13-31-19)22(18)28(39)36(25)16-6-3-2-4-7-16/h2-15H,1H3,(H,31,32,38)(H2,30,33,34,35,37)/t15-/m0/s1. The second kappa shape index (κ2) is 9.66. The molecule has 0 spiro atoms. The number of para-hydroxylation sites is 1. The number of aromatic nitrogens is 6. The smallest absolute Gasteiger partial charge is 0.264 e. The number of pyridine rings is 2. The molecule has 0 saturated heterocycles. The minimum Gasteiger partial charge on any atom is -0.361 e. The van der Waals surface area contributed by atoms with E-state index < -0.39 is 6.04 Å². The van der Waals surface area contributed by atoms with Gasteiger partial charge in [0.25, 0.3) is 11.1 Å². The van der Waals surface area contributed by atoms with Crippen molar-refractivity contribution < 1.29 is 0 Å². The first kappa shape index (κ1) is 24.3. The molecule has 10 nitrogen and oxygen atoms in total. The second-order valence-corrected chi connectivity index (χ2v) is 9.23. The van der Waals surface area contributed by atoms with E-state index in [1.807, 2.05) is 25.1 Å². The molecule has 39 heavy (non-hydrogen) atoms. The van der Waals surface area contributed by atoms with Gasteiger partial charge in [-0.2, -0.15) is 0 Å². The number of rotatable bonds is 5. The van der Waals surface area contributed by atoms with Gasteiger partial charge in [-0.05, 0) is 19.1 Å². The summed E-state index contributed by atoms with van der Waals surface area (Å²) >= 11 is 7.08. The molecule has 0 unspecified atom stereocenters. The SMILES string of the molecule is C[C@H](Nc1ncnc2[nH]ccc(=O)c12)c1c(Cl)c2cccc(-c3cc(=O)[nH]cn3)c2c(=O)n1-c1ccccc1. The molecule has 4 aromatic heterocycles. The first-order chi connectivity index (χ1) is 18.9. The summed E-state index contributed by atoms with van der Waals surface area (Å²) in [5.74, 6) is 0.305. The number of anilines is 1. The Labute approximate surface area is 225 Å². The molecule has 0 aliphatic carbocycles.